The minimum atomic E-state index is -0.222. The van der Waals surface area contributed by atoms with E-state index >= 15 is 0 Å². The van der Waals surface area contributed by atoms with Crippen molar-refractivity contribution in [2.75, 3.05) is 30.3 Å². The average molecular weight is 338 g/mol. The fraction of sp³-hybridized carbons (Fsp3) is 0.368. The average Bonchev–Trinajstić information content (AvgIpc) is 3.11. The van der Waals surface area contributed by atoms with Crippen molar-refractivity contribution in [1.29, 1.82) is 0 Å². The van der Waals surface area contributed by atoms with Gasteiger partial charge in [0.15, 0.2) is 0 Å². The number of ether oxygens (including phenoxy) is 1. The standard InChI is InChI=1S/C19H22N4O2/c24-19(23-16-5-1-3-13-9-12-25-17(13)16)21-11-8-15-7-6-14-4-2-10-20-18(14)22-15/h1,3,5-7H,2,4,8-12H2,(H,20,22)(H2,21,23,24). The van der Waals surface area contributed by atoms with Crippen LogP contribution < -0.4 is 20.7 Å². The molecule has 6 heteroatoms. The molecule has 3 N–H and O–H groups in total. The third-order valence-corrected chi connectivity index (χ3v) is 4.58. The topological polar surface area (TPSA) is 75.3 Å². The predicted octanol–water partition coefficient (Wildman–Crippen LogP) is 2.74. The Balaban J connectivity index is 1.30. The van der Waals surface area contributed by atoms with Crippen molar-refractivity contribution in [2.24, 2.45) is 0 Å². The first-order valence-electron chi connectivity index (χ1n) is 8.82. The Bertz CT molecular complexity index is 791. The van der Waals surface area contributed by atoms with Gasteiger partial charge in [-0.1, -0.05) is 18.2 Å². The van der Waals surface area contributed by atoms with Gasteiger partial charge in [-0.3, -0.25) is 0 Å². The number of carbonyl (C=O) groups is 1. The van der Waals surface area contributed by atoms with Crippen molar-refractivity contribution >= 4 is 17.5 Å². The summed E-state index contributed by atoms with van der Waals surface area (Å²) in [6, 6.07) is 9.78. The molecule has 2 amide bonds. The number of nitrogens with zero attached hydrogens (tertiary/aromatic N) is 1. The summed E-state index contributed by atoms with van der Waals surface area (Å²) in [5.74, 6) is 1.78. The number of anilines is 2. The van der Waals surface area contributed by atoms with E-state index in [-0.39, 0.29) is 6.03 Å². The van der Waals surface area contributed by atoms with Gasteiger partial charge in [-0.25, -0.2) is 9.78 Å². The van der Waals surface area contributed by atoms with Crippen molar-refractivity contribution in [3.8, 4) is 5.75 Å². The van der Waals surface area contributed by atoms with E-state index in [1.807, 2.05) is 24.3 Å². The SMILES string of the molecule is O=C(NCCc1ccc2c(n1)NCCC2)Nc1cccc2c1OCC2. The van der Waals surface area contributed by atoms with Crippen LogP contribution >= 0.6 is 0 Å². The molecule has 0 radical (unpaired) electrons. The Kier molecular flexibility index (Phi) is 4.41. The third kappa shape index (κ3) is 3.52. The van der Waals surface area contributed by atoms with Gasteiger partial charge < -0.3 is 20.7 Å². The molecule has 0 aliphatic carbocycles. The van der Waals surface area contributed by atoms with Crippen molar-refractivity contribution in [2.45, 2.75) is 25.7 Å². The molecule has 3 heterocycles. The number of hydrogen-bond donors (Lipinski definition) is 3. The summed E-state index contributed by atoms with van der Waals surface area (Å²) in [5, 5.41) is 9.09. The number of rotatable bonds is 4. The van der Waals surface area contributed by atoms with Crippen LogP contribution in [0.2, 0.25) is 0 Å². The Hall–Kier alpha value is -2.76. The summed E-state index contributed by atoms with van der Waals surface area (Å²) in [7, 11) is 0. The molecule has 1 aromatic carbocycles. The van der Waals surface area contributed by atoms with Crippen LogP contribution in [0.3, 0.4) is 0 Å². The van der Waals surface area contributed by atoms with Gasteiger partial charge in [-0.15, -0.1) is 0 Å². The number of nitrogens with one attached hydrogen (secondary N) is 3. The van der Waals surface area contributed by atoms with Crippen LogP contribution in [0, 0.1) is 0 Å². The number of urea groups is 1. The van der Waals surface area contributed by atoms with Gasteiger partial charge in [0.1, 0.15) is 11.6 Å². The predicted molar refractivity (Wildman–Crippen MR) is 97.4 cm³/mol. The third-order valence-electron chi connectivity index (χ3n) is 4.58. The lowest BCUT2D eigenvalue weighted by Gasteiger charge is -2.17. The van der Waals surface area contributed by atoms with Crippen LogP contribution in [0.15, 0.2) is 30.3 Å². The molecule has 25 heavy (non-hydrogen) atoms. The van der Waals surface area contributed by atoms with Gasteiger partial charge in [0, 0.05) is 31.6 Å². The monoisotopic (exact) mass is 338 g/mol. The fourth-order valence-electron chi connectivity index (χ4n) is 3.29. The zero-order valence-electron chi connectivity index (χ0n) is 14.1. The van der Waals surface area contributed by atoms with E-state index in [1.54, 1.807) is 0 Å². The largest absolute Gasteiger partial charge is 0.491 e. The number of hydrogen-bond acceptors (Lipinski definition) is 4. The zero-order chi connectivity index (χ0) is 17.1. The van der Waals surface area contributed by atoms with Crippen molar-refractivity contribution in [3.05, 3.63) is 47.2 Å². The molecule has 0 bridgehead atoms. The van der Waals surface area contributed by atoms with E-state index in [0.29, 0.717) is 19.6 Å². The van der Waals surface area contributed by atoms with E-state index in [1.165, 1.54) is 5.56 Å². The molecule has 0 atom stereocenters. The highest BCUT2D eigenvalue weighted by molar-refractivity contribution is 5.91. The second kappa shape index (κ2) is 7.01. The smallest absolute Gasteiger partial charge is 0.319 e. The molecule has 2 aliphatic heterocycles. The molecular formula is C19H22N4O2. The molecule has 4 rings (SSSR count). The second-order valence-electron chi connectivity index (χ2n) is 6.36. The molecule has 2 aliphatic rings. The molecule has 0 fully saturated rings. The highest BCUT2D eigenvalue weighted by Crippen LogP contribution is 2.33. The van der Waals surface area contributed by atoms with Crippen molar-refractivity contribution < 1.29 is 9.53 Å². The molecular weight excluding hydrogens is 316 g/mol. The maximum atomic E-state index is 12.1. The van der Waals surface area contributed by atoms with Gasteiger partial charge in [0.2, 0.25) is 0 Å². The lowest BCUT2D eigenvalue weighted by molar-refractivity contribution is 0.252. The Labute approximate surface area is 147 Å². The first-order valence-corrected chi connectivity index (χ1v) is 8.82. The van der Waals surface area contributed by atoms with E-state index in [4.69, 9.17) is 4.74 Å². The number of carbonyl (C=O) groups excluding carboxylic acids is 1. The highest BCUT2D eigenvalue weighted by atomic mass is 16.5. The number of aromatic nitrogens is 1. The number of amides is 2. The van der Waals surface area contributed by atoms with Crippen LogP contribution in [0.5, 0.6) is 5.75 Å². The molecule has 0 saturated heterocycles. The highest BCUT2D eigenvalue weighted by Gasteiger charge is 2.17. The minimum Gasteiger partial charge on any atom is -0.491 e. The molecule has 2 aromatic rings. The first-order chi connectivity index (χ1) is 12.3. The van der Waals surface area contributed by atoms with Crippen LogP contribution in [0.1, 0.15) is 23.2 Å². The summed E-state index contributed by atoms with van der Waals surface area (Å²) in [5.41, 5.74) is 4.13. The second-order valence-corrected chi connectivity index (χ2v) is 6.36. The maximum absolute atomic E-state index is 12.1. The summed E-state index contributed by atoms with van der Waals surface area (Å²) >= 11 is 0. The summed E-state index contributed by atoms with van der Waals surface area (Å²) in [6.07, 6.45) is 3.83. The minimum absolute atomic E-state index is 0.222. The molecule has 1 aromatic heterocycles. The Morgan fingerprint density at radius 2 is 2.16 bits per heavy atom. The number of benzene rings is 1. The van der Waals surface area contributed by atoms with Gasteiger partial charge in [-0.2, -0.15) is 0 Å². The lowest BCUT2D eigenvalue weighted by Crippen LogP contribution is -2.30. The van der Waals surface area contributed by atoms with E-state index < -0.39 is 0 Å². The van der Waals surface area contributed by atoms with Crippen LogP contribution in [-0.2, 0) is 19.3 Å². The van der Waals surface area contributed by atoms with Gasteiger partial charge >= 0.3 is 6.03 Å². The molecule has 6 nitrogen and oxygen atoms in total. The summed E-state index contributed by atoms with van der Waals surface area (Å²) in [4.78, 5) is 16.8. The Morgan fingerprint density at radius 1 is 1.20 bits per heavy atom. The number of para-hydroxylation sites is 1. The number of aryl methyl sites for hydroxylation is 1. The normalized spacial score (nSPS) is 14.7. The lowest BCUT2D eigenvalue weighted by atomic mass is 10.1. The molecule has 0 saturated carbocycles. The number of fused-ring (bicyclic) bond motifs is 2. The van der Waals surface area contributed by atoms with Crippen molar-refractivity contribution in [1.82, 2.24) is 10.3 Å². The summed E-state index contributed by atoms with van der Waals surface area (Å²) < 4.78 is 5.60. The fourth-order valence-corrected chi connectivity index (χ4v) is 3.29. The van der Waals surface area contributed by atoms with Gasteiger partial charge in [-0.05, 0) is 36.1 Å². The molecule has 0 spiro atoms. The zero-order valence-corrected chi connectivity index (χ0v) is 14.1. The first kappa shape index (κ1) is 15.7. The van der Waals surface area contributed by atoms with Crippen LogP contribution in [-0.4, -0.2) is 30.7 Å². The molecule has 130 valence electrons. The van der Waals surface area contributed by atoms with Gasteiger partial charge in [0.05, 0.1) is 12.3 Å². The Morgan fingerprint density at radius 3 is 3.12 bits per heavy atom. The quantitative estimate of drug-likeness (QED) is 0.801. The van der Waals surface area contributed by atoms with E-state index in [0.717, 1.165) is 54.3 Å². The van der Waals surface area contributed by atoms with Crippen LogP contribution in [0.25, 0.3) is 0 Å². The number of pyridine rings is 1. The van der Waals surface area contributed by atoms with Crippen molar-refractivity contribution in [3.63, 3.8) is 0 Å². The van der Waals surface area contributed by atoms with E-state index in [2.05, 4.69) is 27.0 Å². The summed E-state index contributed by atoms with van der Waals surface area (Å²) in [6.45, 7) is 2.19. The molecule has 0 unspecified atom stereocenters. The van der Waals surface area contributed by atoms with Gasteiger partial charge in [0.25, 0.3) is 0 Å². The van der Waals surface area contributed by atoms with Crippen LogP contribution in [0.4, 0.5) is 16.3 Å². The van der Waals surface area contributed by atoms with E-state index in [9.17, 15) is 4.79 Å². The maximum Gasteiger partial charge on any atom is 0.319 e.